The molecule has 1 rings (SSSR count). The largest absolute Gasteiger partial charge is 0.416 e. The van der Waals surface area contributed by atoms with Crippen LogP contribution in [-0.4, -0.2) is 19.0 Å². The van der Waals surface area contributed by atoms with Crippen molar-refractivity contribution >= 4 is 5.91 Å². The number of amides is 1. The lowest BCUT2D eigenvalue weighted by Crippen LogP contribution is -2.42. The van der Waals surface area contributed by atoms with Crippen molar-refractivity contribution in [1.29, 1.82) is 0 Å². The summed E-state index contributed by atoms with van der Waals surface area (Å²) in [5.74, 6) is -0.267. The predicted octanol–water partition coefficient (Wildman–Crippen LogP) is 2.49. The zero-order valence-electron chi connectivity index (χ0n) is 11.0. The van der Waals surface area contributed by atoms with Crippen LogP contribution in [0.5, 0.6) is 0 Å². The van der Waals surface area contributed by atoms with Crippen molar-refractivity contribution < 1.29 is 18.0 Å². The zero-order chi connectivity index (χ0) is 14.6. The van der Waals surface area contributed by atoms with Crippen LogP contribution in [0.2, 0.25) is 0 Å². The number of hydrogen-bond acceptors (Lipinski definition) is 2. The second-order valence-electron chi connectivity index (χ2n) is 4.31. The first-order chi connectivity index (χ1) is 8.77. The zero-order valence-corrected chi connectivity index (χ0v) is 11.0. The Bertz CT molecular complexity index is 446. The van der Waals surface area contributed by atoms with Crippen LogP contribution < -0.4 is 10.6 Å². The summed E-state index contributed by atoms with van der Waals surface area (Å²) in [6, 6.07) is 4.20. The van der Waals surface area contributed by atoms with Crippen LogP contribution in [0.3, 0.4) is 0 Å². The Morgan fingerprint density at radius 2 is 1.79 bits per heavy atom. The average Bonchev–Trinajstić information content (AvgIpc) is 2.36. The maximum atomic E-state index is 12.9. The molecule has 0 aliphatic rings. The smallest absolute Gasteiger partial charge is 0.358 e. The molecule has 0 heterocycles. The van der Waals surface area contributed by atoms with Gasteiger partial charge in [0.05, 0.1) is 11.6 Å². The Morgan fingerprint density at radius 1 is 1.21 bits per heavy atom. The van der Waals surface area contributed by atoms with Crippen LogP contribution in [0.25, 0.3) is 0 Å². The highest BCUT2D eigenvalue weighted by Crippen LogP contribution is 2.34. The molecule has 2 atom stereocenters. The first kappa shape index (κ1) is 15.5. The summed E-state index contributed by atoms with van der Waals surface area (Å²) < 4.78 is 38.6. The van der Waals surface area contributed by atoms with Crippen LogP contribution >= 0.6 is 0 Å². The van der Waals surface area contributed by atoms with E-state index in [2.05, 4.69) is 10.6 Å². The number of benzene rings is 1. The van der Waals surface area contributed by atoms with Gasteiger partial charge in [0.1, 0.15) is 0 Å². The van der Waals surface area contributed by atoms with E-state index in [0.29, 0.717) is 0 Å². The number of nitrogens with one attached hydrogen (secondary N) is 2. The van der Waals surface area contributed by atoms with Crippen LogP contribution in [0, 0.1) is 0 Å². The number of alkyl halides is 3. The van der Waals surface area contributed by atoms with E-state index < -0.39 is 23.8 Å². The molecule has 3 nitrogen and oxygen atoms in total. The number of carbonyl (C=O) groups is 1. The van der Waals surface area contributed by atoms with E-state index in [-0.39, 0.29) is 11.5 Å². The van der Waals surface area contributed by atoms with Crippen LogP contribution in [0.15, 0.2) is 24.3 Å². The minimum Gasteiger partial charge on any atom is -0.358 e. The number of rotatable bonds is 4. The highest BCUT2D eigenvalue weighted by atomic mass is 19.4. The van der Waals surface area contributed by atoms with Crippen molar-refractivity contribution in [2.45, 2.75) is 32.1 Å². The minimum atomic E-state index is -4.40. The van der Waals surface area contributed by atoms with Gasteiger partial charge in [-0.15, -0.1) is 0 Å². The summed E-state index contributed by atoms with van der Waals surface area (Å²) >= 11 is 0. The SMILES string of the molecule is CNC(=O)C(C)NC(C)c1ccccc1C(F)(F)F. The summed E-state index contributed by atoms with van der Waals surface area (Å²) in [5, 5.41) is 5.29. The van der Waals surface area contributed by atoms with Gasteiger partial charge in [-0.1, -0.05) is 18.2 Å². The first-order valence-electron chi connectivity index (χ1n) is 5.91. The van der Waals surface area contributed by atoms with Gasteiger partial charge in [0.25, 0.3) is 0 Å². The van der Waals surface area contributed by atoms with E-state index >= 15 is 0 Å². The summed E-state index contributed by atoms with van der Waals surface area (Å²) in [4.78, 5) is 11.4. The second-order valence-corrected chi connectivity index (χ2v) is 4.31. The van der Waals surface area contributed by atoms with Crippen LogP contribution in [0.1, 0.15) is 31.0 Å². The molecule has 0 spiro atoms. The van der Waals surface area contributed by atoms with Crippen molar-refractivity contribution in [2.24, 2.45) is 0 Å². The van der Waals surface area contributed by atoms with Crippen LogP contribution in [-0.2, 0) is 11.0 Å². The van der Waals surface area contributed by atoms with Gasteiger partial charge in [-0.25, -0.2) is 0 Å². The maximum Gasteiger partial charge on any atom is 0.416 e. The van der Waals surface area contributed by atoms with Gasteiger partial charge in [0.2, 0.25) is 5.91 Å². The van der Waals surface area contributed by atoms with Gasteiger partial charge in [-0.05, 0) is 25.5 Å². The fraction of sp³-hybridized carbons (Fsp3) is 0.462. The molecule has 0 saturated heterocycles. The van der Waals surface area contributed by atoms with Crippen molar-refractivity contribution in [3.05, 3.63) is 35.4 Å². The number of halogens is 3. The normalized spacial score (nSPS) is 14.8. The first-order valence-corrected chi connectivity index (χ1v) is 5.91. The average molecular weight is 274 g/mol. The molecule has 0 aromatic heterocycles. The lowest BCUT2D eigenvalue weighted by molar-refractivity contribution is -0.138. The molecule has 19 heavy (non-hydrogen) atoms. The molecule has 2 N–H and O–H groups in total. The molecule has 1 aromatic carbocycles. The Labute approximate surface area is 110 Å². The third-order valence-electron chi connectivity index (χ3n) is 2.87. The minimum absolute atomic E-state index is 0.130. The molecule has 6 heteroatoms. The third kappa shape index (κ3) is 3.96. The molecule has 0 fully saturated rings. The molecule has 0 saturated carbocycles. The van der Waals surface area contributed by atoms with E-state index in [9.17, 15) is 18.0 Å². The summed E-state index contributed by atoms with van der Waals surface area (Å²) in [5.41, 5.74) is -0.551. The number of carbonyl (C=O) groups excluding carboxylic acids is 1. The second kappa shape index (κ2) is 6.06. The van der Waals surface area contributed by atoms with Gasteiger partial charge in [-0.3, -0.25) is 10.1 Å². The summed E-state index contributed by atoms with van der Waals surface area (Å²) in [7, 11) is 1.48. The highest BCUT2D eigenvalue weighted by Gasteiger charge is 2.34. The molecule has 2 unspecified atom stereocenters. The molecule has 0 radical (unpaired) electrons. The van der Waals surface area contributed by atoms with Crippen molar-refractivity contribution in [3.63, 3.8) is 0 Å². The molecule has 0 aliphatic carbocycles. The molecule has 0 bridgehead atoms. The lowest BCUT2D eigenvalue weighted by Gasteiger charge is -2.22. The summed E-state index contributed by atoms with van der Waals surface area (Å²) in [6.07, 6.45) is -4.40. The van der Waals surface area contributed by atoms with E-state index in [1.807, 2.05) is 0 Å². The quantitative estimate of drug-likeness (QED) is 0.885. The van der Waals surface area contributed by atoms with Gasteiger partial charge >= 0.3 is 6.18 Å². The fourth-order valence-corrected chi connectivity index (χ4v) is 1.89. The molecule has 0 aliphatic heterocycles. The van der Waals surface area contributed by atoms with Gasteiger partial charge in [0, 0.05) is 13.1 Å². The van der Waals surface area contributed by atoms with E-state index in [1.54, 1.807) is 19.9 Å². The van der Waals surface area contributed by atoms with Crippen LogP contribution in [0.4, 0.5) is 13.2 Å². The Morgan fingerprint density at radius 3 is 2.32 bits per heavy atom. The summed E-state index contributed by atoms with van der Waals surface area (Å²) in [6.45, 7) is 3.20. The maximum absolute atomic E-state index is 12.9. The monoisotopic (exact) mass is 274 g/mol. The van der Waals surface area contributed by atoms with Gasteiger partial charge < -0.3 is 5.32 Å². The topological polar surface area (TPSA) is 41.1 Å². The van der Waals surface area contributed by atoms with E-state index in [0.717, 1.165) is 6.07 Å². The van der Waals surface area contributed by atoms with E-state index in [4.69, 9.17) is 0 Å². The Balaban J connectivity index is 2.94. The Kier molecular flexibility index (Phi) is 4.94. The number of likely N-dealkylation sites (N-methyl/N-ethyl adjacent to an activating group) is 1. The standard InChI is InChI=1S/C13H17F3N2O/c1-8(18-9(2)12(19)17-3)10-6-4-5-7-11(10)13(14,15)16/h4-9,18H,1-3H3,(H,17,19). The highest BCUT2D eigenvalue weighted by molar-refractivity contribution is 5.80. The van der Waals surface area contributed by atoms with E-state index in [1.165, 1.54) is 19.2 Å². The molecule has 106 valence electrons. The fourth-order valence-electron chi connectivity index (χ4n) is 1.89. The molecular weight excluding hydrogens is 257 g/mol. The van der Waals surface area contributed by atoms with Crippen molar-refractivity contribution in [2.75, 3.05) is 7.05 Å². The number of hydrogen-bond donors (Lipinski definition) is 2. The van der Waals surface area contributed by atoms with Crippen molar-refractivity contribution in [1.82, 2.24) is 10.6 Å². The molecule has 1 amide bonds. The van der Waals surface area contributed by atoms with Gasteiger partial charge in [-0.2, -0.15) is 13.2 Å². The Hall–Kier alpha value is -1.56. The third-order valence-corrected chi connectivity index (χ3v) is 2.87. The predicted molar refractivity (Wildman–Crippen MR) is 66.5 cm³/mol. The van der Waals surface area contributed by atoms with Crippen molar-refractivity contribution in [3.8, 4) is 0 Å². The molecule has 1 aromatic rings. The lowest BCUT2D eigenvalue weighted by atomic mass is 10.0. The van der Waals surface area contributed by atoms with Gasteiger partial charge in [0.15, 0.2) is 0 Å². The molecular formula is C13H17F3N2O.